The van der Waals surface area contributed by atoms with Crippen LogP contribution in [0.3, 0.4) is 0 Å². The number of esters is 1. The summed E-state index contributed by atoms with van der Waals surface area (Å²) < 4.78 is 4.93. The maximum absolute atomic E-state index is 12.3. The molecule has 2 unspecified atom stereocenters. The SMILES string of the molecule is O=C(CN1C(=O)C2CCCCC2C1=O)OCC(=O)c1ccc(Cl)cc1Cl. The number of imide groups is 1. The molecule has 1 aliphatic heterocycles. The van der Waals surface area contributed by atoms with Gasteiger partial charge in [0.15, 0.2) is 6.61 Å². The molecule has 0 aromatic heterocycles. The predicted octanol–water partition coefficient (Wildman–Crippen LogP) is 2.89. The molecule has 1 saturated carbocycles. The number of hydrogen-bond donors (Lipinski definition) is 0. The minimum atomic E-state index is -0.802. The van der Waals surface area contributed by atoms with Crippen molar-refractivity contribution in [3.63, 3.8) is 0 Å². The van der Waals surface area contributed by atoms with E-state index in [1.165, 1.54) is 18.2 Å². The predicted molar refractivity (Wildman–Crippen MR) is 93.9 cm³/mol. The lowest BCUT2D eigenvalue weighted by Gasteiger charge is -2.19. The van der Waals surface area contributed by atoms with Crippen LogP contribution in [-0.4, -0.2) is 41.6 Å². The number of fused-ring (bicyclic) bond motifs is 1. The van der Waals surface area contributed by atoms with Crippen molar-refractivity contribution in [2.24, 2.45) is 11.8 Å². The first kappa shape index (κ1) is 18.9. The molecule has 2 atom stereocenters. The summed E-state index contributed by atoms with van der Waals surface area (Å²) in [5, 5.41) is 0.545. The van der Waals surface area contributed by atoms with E-state index in [0.29, 0.717) is 17.9 Å². The molecular weight excluding hydrogens is 381 g/mol. The first-order valence-corrected chi connectivity index (χ1v) is 9.13. The fourth-order valence-corrected chi connectivity index (χ4v) is 4.01. The van der Waals surface area contributed by atoms with Crippen LogP contribution in [0.2, 0.25) is 10.0 Å². The molecule has 3 rings (SSSR count). The number of ketones is 1. The van der Waals surface area contributed by atoms with Gasteiger partial charge in [0.2, 0.25) is 17.6 Å². The summed E-state index contributed by atoms with van der Waals surface area (Å²) in [5.74, 6) is -2.57. The molecule has 1 aromatic rings. The molecule has 1 saturated heterocycles. The van der Waals surface area contributed by atoms with Crippen molar-refractivity contribution >= 4 is 46.8 Å². The maximum Gasteiger partial charge on any atom is 0.326 e. The standard InChI is InChI=1S/C18H17Cl2NO5/c19-10-5-6-13(14(20)7-10)15(22)9-26-16(23)8-21-17(24)11-3-1-2-4-12(11)18(21)25/h5-7,11-12H,1-4,8-9H2. The smallest absolute Gasteiger partial charge is 0.326 e. The second kappa shape index (κ2) is 7.76. The van der Waals surface area contributed by atoms with Crippen molar-refractivity contribution < 1.29 is 23.9 Å². The molecule has 0 bridgehead atoms. The summed E-state index contributed by atoms with van der Waals surface area (Å²) in [6.45, 7) is -0.991. The molecule has 2 aliphatic rings. The third kappa shape index (κ3) is 3.76. The highest BCUT2D eigenvalue weighted by Crippen LogP contribution is 2.37. The number of benzene rings is 1. The largest absolute Gasteiger partial charge is 0.456 e. The molecule has 0 N–H and O–H groups in total. The Bertz CT molecular complexity index is 755. The normalized spacial score (nSPS) is 22.3. The highest BCUT2D eigenvalue weighted by molar-refractivity contribution is 6.36. The average molecular weight is 398 g/mol. The molecule has 2 amide bonds. The van der Waals surface area contributed by atoms with Crippen molar-refractivity contribution in [2.45, 2.75) is 25.7 Å². The van der Waals surface area contributed by atoms with Crippen LogP contribution in [0, 0.1) is 11.8 Å². The third-order valence-electron chi connectivity index (χ3n) is 4.82. The van der Waals surface area contributed by atoms with Crippen molar-refractivity contribution in [2.75, 3.05) is 13.2 Å². The van der Waals surface area contributed by atoms with Gasteiger partial charge < -0.3 is 4.74 Å². The van der Waals surface area contributed by atoms with E-state index in [2.05, 4.69) is 0 Å². The first-order valence-electron chi connectivity index (χ1n) is 8.37. The summed E-state index contributed by atoms with van der Waals surface area (Å²) in [6, 6.07) is 4.37. The number of rotatable bonds is 5. The van der Waals surface area contributed by atoms with E-state index in [1.807, 2.05) is 0 Å². The topological polar surface area (TPSA) is 80.8 Å². The molecule has 1 heterocycles. The lowest BCUT2D eigenvalue weighted by molar-refractivity contribution is -0.152. The number of carbonyl (C=O) groups is 4. The number of carbonyl (C=O) groups excluding carboxylic acids is 4. The summed E-state index contributed by atoms with van der Waals surface area (Å²) in [5.41, 5.74) is 0.184. The van der Waals surface area contributed by atoms with E-state index < -0.39 is 24.9 Å². The molecule has 26 heavy (non-hydrogen) atoms. The van der Waals surface area contributed by atoms with Gasteiger partial charge in [-0.2, -0.15) is 0 Å². The van der Waals surface area contributed by atoms with Gasteiger partial charge in [-0.3, -0.25) is 24.1 Å². The van der Waals surface area contributed by atoms with Crippen molar-refractivity contribution in [1.29, 1.82) is 0 Å². The molecule has 1 aromatic carbocycles. The summed E-state index contributed by atoms with van der Waals surface area (Å²) in [7, 11) is 0. The highest BCUT2D eigenvalue weighted by Gasteiger charge is 2.48. The van der Waals surface area contributed by atoms with Crippen molar-refractivity contribution in [3.8, 4) is 0 Å². The maximum atomic E-state index is 12.3. The van der Waals surface area contributed by atoms with E-state index in [4.69, 9.17) is 27.9 Å². The van der Waals surface area contributed by atoms with Crippen LogP contribution >= 0.6 is 23.2 Å². The lowest BCUT2D eigenvalue weighted by Crippen LogP contribution is -2.37. The van der Waals surface area contributed by atoms with Gasteiger partial charge >= 0.3 is 5.97 Å². The van der Waals surface area contributed by atoms with Gasteiger partial charge in [0.05, 0.1) is 16.9 Å². The number of nitrogens with zero attached hydrogens (tertiary/aromatic N) is 1. The Morgan fingerprint density at radius 3 is 2.27 bits per heavy atom. The monoisotopic (exact) mass is 397 g/mol. The average Bonchev–Trinajstić information content (AvgIpc) is 2.85. The molecule has 2 fully saturated rings. The quantitative estimate of drug-likeness (QED) is 0.433. The van der Waals surface area contributed by atoms with Crippen LogP contribution in [0.5, 0.6) is 0 Å². The van der Waals surface area contributed by atoms with Gasteiger partial charge in [-0.15, -0.1) is 0 Å². The number of ether oxygens (including phenoxy) is 1. The van der Waals surface area contributed by atoms with E-state index in [-0.39, 0.29) is 34.2 Å². The van der Waals surface area contributed by atoms with E-state index >= 15 is 0 Å². The summed E-state index contributed by atoms with van der Waals surface area (Å²) in [6.07, 6.45) is 3.17. The summed E-state index contributed by atoms with van der Waals surface area (Å²) in [4.78, 5) is 49.7. The zero-order chi connectivity index (χ0) is 18.8. The molecule has 8 heteroatoms. The van der Waals surface area contributed by atoms with Gasteiger partial charge in [0.25, 0.3) is 0 Å². The van der Waals surface area contributed by atoms with Crippen LogP contribution in [0.1, 0.15) is 36.0 Å². The Labute approximate surface area is 160 Å². The Kier molecular flexibility index (Phi) is 5.63. The lowest BCUT2D eigenvalue weighted by atomic mass is 9.81. The summed E-state index contributed by atoms with van der Waals surface area (Å²) >= 11 is 11.7. The number of likely N-dealkylation sites (tertiary alicyclic amines) is 1. The second-order valence-electron chi connectivity index (χ2n) is 6.47. The van der Waals surface area contributed by atoms with Crippen LogP contribution < -0.4 is 0 Å². The van der Waals surface area contributed by atoms with Gasteiger partial charge in [-0.25, -0.2) is 0 Å². The van der Waals surface area contributed by atoms with E-state index in [1.54, 1.807) is 0 Å². The van der Waals surface area contributed by atoms with Crippen LogP contribution in [-0.2, 0) is 19.1 Å². The minimum Gasteiger partial charge on any atom is -0.456 e. The Hall–Kier alpha value is -1.92. The zero-order valence-electron chi connectivity index (χ0n) is 13.9. The van der Waals surface area contributed by atoms with Crippen LogP contribution in [0.4, 0.5) is 0 Å². The van der Waals surface area contributed by atoms with E-state index in [0.717, 1.165) is 17.7 Å². The van der Waals surface area contributed by atoms with Gasteiger partial charge in [0, 0.05) is 10.6 Å². The minimum absolute atomic E-state index is 0.160. The van der Waals surface area contributed by atoms with Gasteiger partial charge in [-0.1, -0.05) is 36.0 Å². The zero-order valence-corrected chi connectivity index (χ0v) is 15.4. The Balaban J connectivity index is 1.56. The second-order valence-corrected chi connectivity index (χ2v) is 7.31. The number of hydrogen-bond acceptors (Lipinski definition) is 5. The molecule has 1 aliphatic carbocycles. The van der Waals surface area contributed by atoms with Crippen LogP contribution in [0.25, 0.3) is 0 Å². The number of amides is 2. The van der Waals surface area contributed by atoms with Crippen molar-refractivity contribution in [3.05, 3.63) is 33.8 Å². The first-order chi connectivity index (χ1) is 12.4. The fraction of sp³-hybridized carbons (Fsp3) is 0.444. The molecule has 138 valence electrons. The fourth-order valence-electron chi connectivity index (χ4n) is 3.50. The molecule has 6 nitrogen and oxygen atoms in total. The third-order valence-corrected chi connectivity index (χ3v) is 5.36. The van der Waals surface area contributed by atoms with Crippen molar-refractivity contribution in [1.82, 2.24) is 4.90 Å². The number of Topliss-reactive ketones (excluding diaryl/α,β-unsaturated/α-hetero) is 1. The van der Waals surface area contributed by atoms with Gasteiger partial charge in [0.1, 0.15) is 6.54 Å². The molecule has 0 spiro atoms. The highest BCUT2D eigenvalue weighted by atomic mass is 35.5. The van der Waals surface area contributed by atoms with E-state index in [9.17, 15) is 19.2 Å². The van der Waals surface area contributed by atoms with Gasteiger partial charge in [-0.05, 0) is 31.0 Å². The molecular formula is C18H17Cl2NO5. The number of halogens is 2. The molecule has 0 radical (unpaired) electrons. The Morgan fingerprint density at radius 2 is 1.69 bits per heavy atom. The van der Waals surface area contributed by atoms with Crippen LogP contribution in [0.15, 0.2) is 18.2 Å². The Morgan fingerprint density at radius 1 is 1.08 bits per heavy atom.